The van der Waals surface area contributed by atoms with E-state index in [1.807, 2.05) is 4.90 Å². The van der Waals surface area contributed by atoms with E-state index >= 15 is 0 Å². The Morgan fingerprint density at radius 1 is 1.19 bits per heavy atom. The lowest BCUT2D eigenvalue weighted by atomic mass is 9.86. The fourth-order valence-electron chi connectivity index (χ4n) is 4.18. The molecular formula is C17H21F5N4. The van der Waals surface area contributed by atoms with Crippen LogP contribution in [0, 0.1) is 0 Å². The van der Waals surface area contributed by atoms with Gasteiger partial charge in [-0.15, -0.1) is 0 Å². The number of pyridine rings is 1. The molecule has 0 spiro atoms. The van der Waals surface area contributed by atoms with Crippen molar-refractivity contribution >= 4 is 11.5 Å². The second-order valence-electron chi connectivity index (χ2n) is 7.65. The van der Waals surface area contributed by atoms with Crippen molar-refractivity contribution in [3.05, 3.63) is 17.8 Å². The Hall–Kier alpha value is -1.64. The first-order valence-electron chi connectivity index (χ1n) is 8.81. The molecule has 3 aliphatic rings. The van der Waals surface area contributed by atoms with E-state index in [1.165, 1.54) is 0 Å². The molecule has 0 aromatic carbocycles. The molecule has 2 fully saturated rings. The van der Waals surface area contributed by atoms with Crippen molar-refractivity contribution in [1.82, 2.24) is 9.88 Å². The fourth-order valence-corrected chi connectivity index (χ4v) is 4.18. The van der Waals surface area contributed by atoms with Crippen LogP contribution in [0.1, 0.15) is 32.3 Å². The van der Waals surface area contributed by atoms with E-state index in [1.54, 1.807) is 4.90 Å². The van der Waals surface area contributed by atoms with Gasteiger partial charge < -0.3 is 9.80 Å². The second kappa shape index (κ2) is 5.68. The number of fused-ring (bicyclic) bond motifs is 3. The second-order valence-corrected chi connectivity index (χ2v) is 7.65. The lowest BCUT2D eigenvalue weighted by molar-refractivity contribution is -0.137. The van der Waals surface area contributed by atoms with Crippen molar-refractivity contribution in [3.63, 3.8) is 0 Å². The summed E-state index contributed by atoms with van der Waals surface area (Å²) in [7, 11) is 0. The maximum absolute atomic E-state index is 13.5. The molecule has 26 heavy (non-hydrogen) atoms. The van der Waals surface area contributed by atoms with Crippen molar-refractivity contribution in [2.45, 2.75) is 57.0 Å². The molecule has 4 rings (SSSR count). The molecular weight excluding hydrogens is 355 g/mol. The summed E-state index contributed by atoms with van der Waals surface area (Å²) in [6.07, 6.45) is -4.57. The Labute approximate surface area is 148 Å². The zero-order valence-electron chi connectivity index (χ0n) is 14.6. The van der Waals surface area contributed by atoms with Gasteiger partial charge in [0, 0.05) is 50.8 Å². The normalized spacial score (nSPS) is 26.1. The van der Waals surface area contributed by atoms with Gasteiger partial charge in [-0.05, 0) is 19.9 Å². The first-order valence-corrected chi connectivity index (χ1v) is 8.81. The monoisotopic (exact) mass is 376 g/mol. The molecule has 0 bridgehead atoms. The number of halogens is 5. The molecule has 0 amide bonds. The number of hydrogen-bond acceptors (Lipinski definition) is 4. The molecule has 2 aliphatic heterocycles. The van der Waals surface area contributed by atoms with E-state index in [2.05, 4.69) is 23.7 Å². The summed E-state index contributed by atoms with van der Waals surface area (Å²) in [6.45, 7) is 6.09. The lowest BCUT2D eigenvalue weighted by Crippen LogP contribution is -2.63. The summed E-state index contributed by atoms with van der Waals surface area (Å²) in [6, 6.07) is 0.886. The van der Waals surface area contributed by atoms with E-state index in [0.29, 0.717) is 24.6 Å². The molecule has 3 heterocycles. The molecule has 1 saturated heterocycles. The topological polar surface area (TPSA) is 22.6 Å². The van der Waals surface area contributed by atoms with Crippen LogP contribution >= 0.6 is 0 Å². The molecule has 1 saturated carbocycles. The van der Waals surface area contributed by atoms with Gasteiger partial charge in [-0.2, -0.15) is 13.2 Å². The van der Waals surface area contributed by atoms with E-state index in [9.17, 15) is 22.0 Å². The number of hydrogen-bond donors (Lipinski definition) is 0. The van der Waals surface area contributed by atoms with Gasteiger partial charge in [0.2, 0.25) is 0 Å². The minimum atomic E-state index is -4.51. The van der Waals surface area contributed by atoms with Gasteiger partial charge in [-0.3, -0.25) is 4.90 Å². The summed E-state index contributed by atoms with van der Waals surface area (Å²) in [5.74, 6) is -2.26. The highest BCUT2D eigenvalue weighted by Crippen LogP contribution is 2.49. The van der Waals surface area contributed by atoms with E-state index < -0.39 is 23.7 Å². The molecule has 1 aromatic heterocycles. The number of piperazine rings is 1. The van der Waals surface area contributed by atoms with Crippen molar-refractivity contribution < 1.29 is 22.0 Å². The molecule has 1 aromatic rings. The van der Waals surface area contributed by atoms with Crippen molar-refractivity contribution in [2.24, 2.45) is 0 Å². The van der Waals surface area contributed by atoms with Gasteiger partial charge in [0.1, 0.15) is 6.17 Å². The van der Waals surface area contributed by atoms with Gasteiger partial charge >= 0.3 is 6.18 Å². The smallest absolute Gasteiger partial charge is 0.343 e. The standard InChI is InChI=1S/C17H21F5N4/c1-10(2)24-3-4-25-14(9-24)26(12-6-16(18,19)7-12)13-5-11(17(20,21)22)8-23-15(13)25/h5,8,10,12,14H,3-4,6-7,9H2,1-2H3. The summed E-state index contributed by atoms with van der Waals surface area (Å²) >= 11 is 0. The molecule has 0 N–H and O–H groups in total. The largest absolute Gasteiger partial charge is 0.417 e. The van der Waals surface area contributed by atoms with Crippen molar-refractivity contribution in [3.8, 4) is 0 Å². The predicted molar refractivity (Wildman–Crippen MR) is 87.5 cm³/mol. The number of anilines is 2. The highest BCUT2D eigenvalue weighted by molar-refractivity contribution is 5.76. The molecule has 4 nitrogen and oxygen atoms in total. The quantitative estimate of drug-likeness (QED) is 0.736. The number of alkyl halides is 5. The summed E-state index contributed by atoms with van der Waals surface area (Å²) in [5, 5.41) is 0. The van der Waals surface area contributed by atoms with Gasteiger partial charge in [0.15, 0.2) is 5.82 Å². The number of aromatic nitrogens is 1. The first-order chi connectivity index (χ1) is 12.1. The Morgan fingerprint density at radius 3 is 2.46 bits per heavy atom. The summed E-state index contributed by atoms with van der Waals surface area (Å²) in [4.78, 5) is 10.0. The highest BCUT2D eigenvalue weighted by Gasteiger charge is 2.54. The molecule has 144 valence electrons. The summed E-state index contributed by atoms with van der Waals surface area (Å²) in [5.41, 5.74) is -0.510. The van der Waals surface area contributed by atoms with Crippen molar-refractivity contribution in [1.29, 1.82) is 0 Å². The van der Waals surface area contributed by atoms with Crippen LogP contribution in [0.3, 0.4) is 0 Å². The Bertz CT molecular complexity index is 697. The third-order valence-corrected chi connectivity index (χ3v) is 5.62. The molecule has 0 radical (unpaired) electrons. The average molecular weight is 376 g/mol. The van der Waals surface area contributed by atoms with Crippen LogP contribution in [-0.4, -0.2) is 53.7 Å². The van der Waals surface area contributed by atoms with Gasteiger partial charge in [0.25, 0.3) is 5.92 Å². The van der Waals surface area contributed by atoms with Crippen LogP contribution in [-0.2, 0) is 6.18 Å². The Kier molecular flexibility index (Phi) is 3.88. The zero-order chi connectivity index (χ0) is 18.9. The highest BCUT2D eigenvalue weighted by atomic mass is 19.4. The van der Waals surface area contributed by atoms with E-state index in [4.69, 9.17) is 0 Å². The first kappa shape index (κ1) is 17.8. The van der Waals surface area contributed by atoms with Crippen LogP contribution in [0.15, 0.2) is 12.3 Å². The average Bonchev–Trinajstić information content (AvgIpc) is 2.84. The van der Waals surface area contributed by atoms with Gasteiger partial charge in [-0.25, -0.2) is 13.8 Å². The minimum Gasteiger partial charge on any atom is -0.343 e. The number of rotatable bonds is 2. The molecule has 1 unspecified atom stereocenters. The summed E-state index contributed by atoms with van der Waals surface area (Å²) < 4.78 is 66.4. The predicted octanol–water partition coefficient (Wildman–Crippen LogP) is 3.57. The molecule has 1 atom stereocenters. The van der Waals surface area contributed by atoms with Crippen LogP contribution < -0.4 is 9.80 Å². The third-order valence-electron chi connectivity index (χ3n) is 5.62. The maximum Gasteiger partial charge on any atom is 0.417 e. The maximum atomic E-state index is 13.5. The van der Waals surface area contributed by atoms with E-state index in [-0.39, 0.29) is 25.0 Å². The molecule has 9 heteroatoms. The van der Waals surface area contributed by atoms with Gasteiger partial charge in [0.05, 0.1) is 11.3 Å². The Morgan fingerprint density at radius 2 is 1.88 bits per heavy atom. The molecule has 1 aliphatic carbocycles. The Balaban J connectivity index is 1.72. The van der Waals surface area contributed by atoms with Crippen LogP contribution in [0.2, 0.25) is 0 Å². The lowest BCUT2D eigenvalue weighted by Gasteiger charge is -2.49. The van der Waals surface area contributed by atoms with Crippen LogP contribution in [0.4, 0.5) is 33.5 Å². The van der Waals surface area contributed by atoms with Crippen LogP contribution in [0.25, 0.3) is 0 Å². The third kappa shape index (κ3) is 2.80. The SMILES string of the molecule is CC(C)N1CCN2c3ncc(C(F)(F)F)cc3N(C3CC(F)(F)C3)C2C1. The van der Waals surface area contributed by atoms with Crippen LogP contribution in [0.5, 0.6) is 0 Å². The fraction of sp³-hybridized carbons (Fsp3) is 0.706. The van der Waals surface area contributed by atoms with E-state index in [0.717, 1.165) is 18.8 Å². The minimum absolute atomic E-state index is 0.252. The van der Waals surface area contributed by atoms with Crippen molar-refractivity contribution in [2.75, 3.05) is 29.4 Å². The zero-order valence-corrected chi connectivity index (χ0v) is 14.6. The van der Waals surface area contributed by atoms with Gasteiger partial charge in [-0.1, -0.05) is 0 Å². The number of nitrogens with zero attached hydrogens (tertiary/aromatic N) is 4.